The van der Waals surface area contributed by atoms with Crippen molar-refractivity contribution in [2.24, 2.45) is 0 Å². The van der Waals surface area contributed by atoms with Crippen LogP contribution in [0.3, 0.4) is 0 Å². The van der Waals surface area contributed by atoms with Crippen molar-refractivity contribution in [3.05, 3.63) is 60.6 Å². The Kier molecular flexibility index (Phi) is 3.41. The molecule has 0 amide bonds. The van der Waals surface area contributed by atoms with E-state index >= 15 is 0 Å². The number of rotatable bonds is 4. The number of nitrogens with zero attached hydrogens (tertiary/aromatic N) is 3. The van der Waals surface area contributed by atoms with Crippen molar-refractivity contribution in [3.63, 3.8) is 0 Å². The molecule has 0 radical (unpaired) electrons. The smallest absolute Gasteiger partial charge is 0.181 e. The number of aryl methyl sites for hydroxylation is 1. The van der Waals surface area contributed by atoms with E-state index in [0.717, 1.165) is 28.5 Å². The van der Waals surface area contributed by atoms with Crippen LogP contribution in [0.4, 0.5) is 5.69 Å². The molecule has 0 bridgehead atoms. The number of anilines is 1. The fourth-order valence-electron chi connectivity index (χ4n) is 1.94. The standard InChI is InChI=1S/C15H14N4O/c1-11-17-6-5-14(19-11)8-18-13-4-2-3-12(7-13)15-9-16-10-20-15/h2-7,9-10,18H,8H2,1H3. The molecule has 3 rings (SSSR count). The summed E-state index contributed by atoms with van der Waals surface area (Å²) in [6.45, 7) is 2.54. The second-order valence-corrected chi connectivity index (χ2v) is 4.40. The van der Waals surface area contributed by atoms with Gasteiger partial charge in [0, 0.05) is 17.4 Å². The molecule has 0 saturated carbocycles. The van der Waals surface area contributed by atoms with Crippen LogP contribution in [0.1, 0.15) is 11.5 Å². The highest BCUT2D eigenvalue weighted by molar-refractivity contribution is 5.63. The molecule has 0 spiro atoms. The maximum absolute atomic E-state index is 5.29. The van der Waals surface area contributed by atoms with Gasteiger partial charge in [-0.25, -0.2) is 15.0 Å². The summed E-state index contributed by atoms with van der Waals surface area (Å²) in [5, 5.41) is 3.34. The van der Waals surface area contributed by atoms with E-state index in [2.05, 4.69) is 20.3 Å². The van der Waals surface area contributed by atoms with Gasteiger partial charge in [-0.15, -0.1) is 0 Å². The topological polar surface area (TPSA) is 63.8 Å². The van der Waals surface area contributed by atoms with Crippen LogP contribution in [0.2, 0.25) is 0 Å². The van der Waals surface area contributed by atoms with Crippen molar-refractivity contribution in [1.29, 1.82) is 0 Å². The number of oxazole rings is 1. The van der Waals surface area contributed by atoms with Gasteiger partial charge in [-0.3, -0.25) is 0 Å². The van der Waals surface area contributed by atoms with Crippen molar-refractivity contribution < 1.29 is 4.42 Å². The lowest BCUT2D eigenvalue weighted by Crippen LogP contribution is -2.03. The van der Waals surface area contributed by atoms with Crippen molar-refractivity contribution >= 4 is 5.69 Å². The lowest BCUT2D eigenvalue weighted by atomic mass is 10.1. The molecule has 0 aliphatic heterocycles. The molecule has 0 unspecified atom stereocenters. The average molecular weight is 266 g/mol. The molecule has 0 aliphatic carbocycles. The summed E-state index contributed by atoms with van der Waals surface area (Å²) in [4.78, 5) is 12.4. The predicted octanol–water partition coefficient (Wildman–Crippen LogP) is 3.05. The molecule has 20 heavy (non-hydrogen) atoms. The molecule has 0 aliphatic rings. The van der Waals surface area contributed by atoms with Crippen LogP contribution in [0.5, 0.6) is 0 Å². The van der Waals surface area contributed by atoms with Crippen LogP contribution in [0.25, 0.3) is 11.3 Å². The highest BCUT2D eigenvalue weighted by Crippen LogP contribution is 2.22. The van der Waals surface area contributed by atoms with Crippen LogP contribution in [0, 0.1) is 6.92 Å². The largest absolute Gasteiger partial charge is 0.444 e. The number of hydrogen-bond acceptors (Lipinski definition) is 5. The zero-order valence-corrected chi connectivity index (χ0v) is 11.1. The summed E-state index contributed by atoms with van der Waals surface area (Å²) in [5.41, 5.74) is 2.96. The van der Waals surface area contributed by atoms with Crippen LogP contribution in [0.15, 0.2) is 53.5 Å². The summed E-state index contributed by atoms with van der Waals surface area (Å²) >= 11 is 0. The maximum atomic E-state index is 5.29. The minimum absolute atomic E-state index is 0.656. The van der Waals surface area contributed by atoms with Gasteiger partial charge in [0.25, 0.3) is 0 Å². The average Bonchev–Trinajstić information content (AvgIpc) is 3.00. The molecule has 0 fully saturated rings. The normalized spacial score (nSPS) is 10.4. The number of nitrogens with one attached hydrogen (secondary N) is 1. The van der Waals surface area contributed by atoms with E-state index in [4.69, 9.17) is 4.42 Å². The Morgan fingerprint density at radius 3 is 3.00 bits per heavy atom. The molecule has 2 heterocycles. The van der Waals surface area contributed by atoms with Gasteiger partial charge in [0.15, 0.2) is 12.2 Å². The highest BCUT2D eigenvalue weighted by atomic mass is 16.3. The quantitative estimate of drug-likeness (QED) is 0.786. The number of hydrogen-bond donors (Lipinski definition) is 1. The molecule has 2 aromatic heterocycles. The van der Waals surface area contributed by atoms with E-state index in [0.29, 0.717) is 6.54 Å². The Morgan fingerprint density at radius 1 is 1.25 bits per heavy atom. The van der Waals surface area contributed by atoms with Crippen LogP contribution in [-0.2, 0) is 6.54 Å². The first-order valence-electron chi connectivity index (χ1n) is 6.32. The summed E-state index contributed by atoms with van der Waals surface area (Å²) in [6.07, 6.45) is 4.90. The minimum Gasteiger partial charge on any atom is -0.444 e. The zero-order valence-electron chi connectivity index (χ0n) is 11.1. The van der Waals surface area contributed by atoms with Gasteiger partial charge in [0.05, 0.1) is 18.4 Å². The summed E-state index contributed by atoms with van der Waals surface area (Å²) in [6, 6.07) is 9.90. The van der Waals surface area contributed by atoms with Crippen molar-refractivity contribution in [2.45, 2.75) is 13.5 Å². The Hall–Kier alpha value is -2.69. The second-order valence-electron chi connectivity index (χ2n) is 4.40. The predicted molar refractivity (Wildman–Crippen MR) is 76.0 cm³/mol. The number of benzene rings is 1. The van der Waals surface area contributed by atoms with Gasteiger partial charge >= 0.3 is 0 Å². The van der Waals surface area contributed by atoms with Crippen molar-refractivity contribution in [2.75, 3.05) is 5.32 Å². The monoisotopic (exact) mass is 266 g/mol. The fourth-order valence-corrected chi connectivity index (χ4v) is 1.94. The van der Waals surface area contributed by atoms with E-state index < -0.39 is 0 Å². The lowest BCUT2D eigenvalue weighted by Gasteiger charge is -2.07. The molecular formula is C15H14N4O. The van der Waals surface area contributed by atoms with Crippen molar-refractivity contribution in [3.8, 4) is 11.3 Å². The third kappa shape index (κ3) is 2.83. The SMILES string of the molecule is Cc1nccc(CNc2cccc(-c3cnco3)c2)n1. The Morgan fingerprint density at radius 2 is 2.20 bits per heavy atom. The first-order valence-corrected chi connectivity index (χ1v) is 6.32. The molecule has 0 atom stereocenters. The Labute approximate surface area is 116 Å². The van der Waals surface area contributed by atoms with Crippen LogP contribution < -0.4 is 5.32 Å². The van der Waals surface area contributed by atoms with E-state index in [9.17, 15) is 0 Å². The van der Waals surface area contributed by atoms with E-state index in [1.54, 1.807) is 12.4 Å². The van der Waals surface area contributed by atoms with Gasteiger partial charge in [-0.05, 0) is 25.1 Å². The maximum Gasteiger partial charge on any atom is 0.181 e. The van der Waals surface area contributed by atoms with Crippen LogP contribution >= 0.6 is 0 Å². The minimum atomic E-state index is 0.656. The van der Waals surface area contributed by atoms with Gasteiger partial charge in [0.2, 0.25) is 0 Å². The third-order valence-electron chi connectivity index (χ3n) is 2.89. The molecule has 1 N–H and O–H groups in total. The molecule has 3 aromatic rings. The number of aromatic nitrogens is 3. The molecule has 100 valence electrons. The zero-order chi connectivity index (χ0) is 13.8. The summed E-state index contributed by atoms with van der Waals surface area (Å²) in [7, 11) is 0. The molecule has 5 nitrogen and oxygen atoms in total. The van der Waals surface area contributed by atoms with Gasteiger partial charge in [-0.2, -0.15) is 0 Å². The highest BCUT2D eigenvalue weighted by Gasteiger charge is 2.02. The van der Waals surface area contributed by atoms with Crippen LogP contribution in [-0.4, -0.2) is 15.0 Å². The van der Waals surface area contributed by atoms with Crippen molar-refractivity contribution in [1.82, 2.24) is 15.0 Å². The second kappa shape index (κ2) is 5.52. The van der Waals surface area contributed by atoms with E-state index in [-0.39, 0.29) is 0 Å². The molecule has 1 aromatic carbocycles. The molecule has 0 saturated heterocycles. The van der Waals surface area contributed by atoms with E-state index in [1.165, 1.54) is 6.39 Å². The Balaban J connectivity index is 1.73. The van der Waals surface area contributed by atoms with Gasteiger partial charge in [0.1, 0.15) is 5.82 Å². The van der Waals surface area contributed by atoms with Gasteiger partial charge in [-0.1, -0.05) is 12.1 Å². The summed E-state index contributed by atoms with van der Waals surface area (Å²) < 4.78 is 5.29. The lowest BCUT2D eigenvalue weighted by molar-refractivity contribution is 0.572. The van der Waals surface area contributed by atoms with Gasteiger partial charge < -0.3 is 9.73 Å². The first-order chi connectivity index (χ1) is 9.81. The fraction of sp³-hybridized carbons (Fsp3) is 0.133. The molecule has 5 heteroatoms. The third-order valence-corrected chi connectivity index (χ3v) is 2.89. The van der Waals surface area contributed by atoms with E-state index in [1.807, 2.05) is 37.3 Å². The summed E-state index contributed by atoms with van der Waals surface area (Å²) in [5.74, 6) is 1.53. The first kappa shape index (κ1) is 12.3. The molecular weight excluding hydrogens is 252 g/mol. The Bertz CT molecular complexity index is 695.